The van der Waals surface area contributed by atoms with Crippen LogP contribution in [0.3, 0.4) is 0 Å². The molecule has 0 spiro atoms. The Morgan fingerprint density at radius 3 is 2.50 bits per heavy atom. The van der Waals surface area contributed by atoms with Gasteiger partial charge in [-0.25, -0.2) is 0 Å². The van der Waals surface area contributed by atoms with Crippen molar-refractivity contribution in [2.24, 2.45) is 5.41 Å². The van der Waals surface area contributed by atoms with Crippen molar-refractivity contribution in [2.45, 2.75) is 40.1 Å². The average molecular weight is 332 g/mol. The fraction of sp³-hybridized carbons (Fsp3) is 0.632. The number of hydrogen-bond donors (Lipinski definition) is 1. The van der Waals surface area contributed by atoms with Gasteiger partial charge < -0.3 is 14.7 Å². The van der Waals surface area contributed by atoms with Gasteiger partial charge in [-0.05, 0) is 28.7 Å². The van der Waals surface area contributed by atoms with E-state index in [0.717, 1.165) is 24.2 Å². The van der Waals surface area contributed by atoms with Gasteiger partial charge in [-0.15, -0.1) is 0 Å². The van der Waals surface area contributed by atoms with Gasteiger partial charge in [0, 0.05) is 38.3 Å². The third-order valence-corrected chi connectivity index (χ3v) is 5.06. The van der Waals surface area contributed by atoms with Gasteiger partial charge in [0.05, 0.1) is 19.3 Å². The number of β-amino-alcohol motifs (C(OH)–C–C–N with tert-alkyl or cyclic N) is 1. The molecule has 1 N–H and O–H groups in total. The molecule has 0 radical (unpaired) electrons. The van der Waals surface area contributed by atoms with E-state index in [4.69, 9.17) is 4.74 Å². The molecule has 1 aromatic carbocycles. The largest absolute Gasteiger partial charge is 0.391 e. The van der Waals surface area contributed by atoms with Crippen LogP contribution in [0, 0.1) is 5.41 Å². The van der Waals surface area contributed by atoms with Crippen LogP contribution in [0.5, 0.6) is 0 Å². The molecule has 1 saturated heterocycles. The van der Waals surface area contributed by atoms with Gasteiger partial charge >= 0.3 is 0 Å². The van der Waals surface area contributed by atoms with Crippen LogP contribution in [0.1, 0.15) is 42.3 Å². The minimum Gasteiger partial charge on any atom is -0.391 e. The van der Waals surface area contributed by atoms with Crippen molar-refractivity contribution < 1.29 is 14.6 Å². The SMILES string of the molecule is CC(C)(C)C(O)CN1CCN(C(=O)c2ccc3c(c2)COC3)CC1. The van der Waals surface area contributed by atoms with Crippen LogP contribution in [0.15, 0.2) is 18.2 Å². The molecular formula is C19H28N2O3. The number of fused-ring (bicyclic) bond motifs is 1. The zero-order chi connectivity index (χ0) is 17.3. The number of amides is 1. The molecule has 0 saturated carbocycles. The van der Waals surface area contributed by atoms with Crippen molar-refractivity contribution in [2.75, 3.05) is 32.7 Å². The molecule has 1 atom stereocenters. The molecule has 24 heavy (non-hydrogen) atoms. The summed E-state index contributed by atoms with van der Waals surface area (Å²) in [6.07, 6.45) is -0.350. The third-order valence-electron chi connectivity index (χ3n) is 5.06. The summed E-state index contributed by atoms with van der Waals surface area (Å²) < 4.78 is 5.42. The van der Waals surface area contributed by atoms with Crippen LogP contribution < -0.4 is 0 Å². The number of carbonyl (C=O) groups excluding carboxylic acids is 1. The topological polar surface area (TPSA) is 53.0 Å². The van der Waals surface area contributed by atoms with Crippen molar-refractivity contribution in [3.05, 3.63) is 34.9 Å². The van der Waals surface area contributed by atoms with E-state index < -0.39 is 0 Å². The molecule has 0 aliphatic carbocycles. The second kappa shape index (κ2) is 6.82. The Hall–Kier alpha value is -1.43. The van der Waals surface area contributed by atoms with Crippen LogP contribution in [0.25, 0.3) is 0 Å². The lowest BCUT2D eigenvalue weighted by Crippen LogP contribution is -2.51. The molecule has 5 nitrogen and oxygen atoms in total. The Bertz CT molecular complexity index is 601. The lowest BCUT2D eigenvalue weighted by Gasteiger charge is -2.38. The molecule has 132 valence electrons. The summed E-state index contributed by atoms with van der Waals surface area (Å²) in [5.41, 5.74) is 2.96. The first kappa shape index (κ1) is 17.4. The van der Waals surface area contributed by atoms with E-state index in [1.54, 1.807) is 0 Å². The van der Waals surface area contributed by atoms with Crippen LogP contribution in [0.4, 0.5) is 0 Å². The second-order valence-corrected chi connectivity index (χ2v) is 7.95. The fourth-order valence-electron chi connectivity index (χ4n) is 3.14. The molecule has 2 heterocycles. The number of benzene rings is 1. The van der Waals surface area contributed by atoms with Crippen molar-refractivity contribution in [1.82, 2.24) is 9.80 Å². The lowest BCUT2D eigenvalue weighted by molar-refractivity contribution is 0.0137. The molecule has 5 heteroatoms. The smallest absolute Gasteiger partial charge is 0.253 e. The zero-order valence-corrected chi connectivity index (χ0v) is 14.9. The Morgan fingerprint density at radius 1 is 1.17 bits per heavy atom. The summed E-state index contributed by atoms with van der Waals surface area (Å²) in [4.78, 5) is 16.9. The quantitative estimate of drug-likeness (QED) is 0.918. The first-order valence-corrected chi connectivity index (χ1v) is 8.74. The third kappa shape index (κ3) is 3.79. The highest BCUT2D eigenvalue weighted by molar-refractivity contribution is 5.94. The molecule has 1 aromatic rings. The van der Waals surface area contributed by atoms with Crippen LogP contribution in [-0.4, -0.2) is 59.6 Å². The van der Waals surface area contributed by atoms with Gasteiger partial charge in [0.25, 0.3) is 5.91 Å². The highest BCUT2D eigenvalue weighted by Gasteiger charge is 2.28. The number of piperazine rings is 1. The summed E-state index contributed by atoms with van der Waals surface area (Å²) in [6.45, 7) is 11.1. The van der Waals surface area contributed by atoms with Crippen molar-refractivity contribution >= 4 is 5.91 Å². The van der Waals surface area contributed by atoms with Gasteiger partial charge in [-0.2, -0.15) is 0 Å². The summed E-state index contributed by atoms with van der Waals surface area (Å²) in [6, 6.07) is 5.89. The predicted molar refractivity (Wildman–Crippen MR) is 92.7 cm³/mol. The molecular weight excluding hydrogens is 304 g/mol. The number of nitrogens with zero attached hydrogens (tertiary/aromatic N) is 2. The first-order chi connectivity index (χ1) is 11.3. The fourth-order valence-corrected chi connectivity index (χ4v) is 3.14. The monoisotopic (exact) mass is 332 g/mol. The molecule has 0 bridgehead atoms. The summed E-state index contributed by atoms with van der Waals surface area (Å²) in [5.74, 6) is 0.0979. The molecule has 1 fully saturated rings. The maximum atomic E-state index is 12.7. The van der Waals surface area contributed by atoms with E-state index in [9.17, 15) is 9.90 Å². The maximum Gasteiger partial charge on any atom is 0.253 e. The number of aliphatic hydroxyl groups is 1. The molecule has 2 aliphatic rings. The Kier molecular flexibility index (Phi) is 4.95. The van der Waals surface area contributed by atoms with E-state index in [-0.39, 0.29) is 17.4 Å². The standard InChI is InChI=1S/C19H28N2O3/c1-19(2,3)17(22)11-20-6-8-21(9-7-20)18(23)14-4-5-15-12-24-13-16(15)10-14/h4-5,10,17,22H,6-9,11-13H2,1-3H3. The van der Waals surface area contributed by atoms with Gasteiger partial charge in [0.15, 0.2) is 0 Å². The Labute approximate surface area is 144 Å². The highest BCUT2D eigenvalue weighted by atomic mass is 16.5. The van der Waals surface area contributed by atoms with Crippen molar-refractivity contribution in [3.63, 3.8) is 0 Å². The van der Waals surface area contributed by atoms with E-state index in [1.807, 2.05) is 23.1 Å². The minimum atomic E-state index is -0.350. The number of aliphatic hydroxyl groups excluding tert-OH is 1. The molecule has 1 unspecified atom stereocenters. The number of ether oxygens (including phenoxy) is 1. The second-order valence-electron chi connectivity index (χ2n) is 7.95. The summed E-state index contributed by atoms with van der Waals surface area (Å²) >= 11 is 0. The number of rotatable bonds is 3. The Morgan fingerprint density at radius 2 is 1.83 bits per heavy atom. The molecule has 0 aromatic heterocycles. The first-order valence-electron chi connectivity index (χ1n) is 8.74. The van der Waals surface area contributed by atoms with Crippen molar-refractivity contribution in [3.8, 4) is 0 Å². The average Bonchev–Trinajstić information content (AvgIpc) is 3.01. The molecule has 2 aliphatic heterocycles. The minimum absolute atomic E-state index is 0.0979. The van der Waals surface area contributed by atoms with Gasteiger partial charge in [-0.1, -0.05) is 26.8 Å². The maximum absolute atomic E-state index is 12.7. The van der Waals surface area contributed by atoms with Crippen LogP contribution in [-0.2, 0) is 18.0 Å². The predicted octanol–water partition coefficient (Wildman–Crippen LogP) is 1.88. The van der Waals surface area contributed by atoms with Crippen LogP contribution in [0.2, 0.25) is 0 Å². The normalized spacial score (nSPS) is 20.1. The van der Waals surface area contributed by atoms with E-state index in [2.05, 4.69) is 25.7 Å². The van der Waals surface area contributed by atoms with Gasteiger partial charge in [0.1, 0.15) is 0 Å². The number of carbonyl (C=O) groups is 1. The lowest BCUT2D eigenvalue weighted by atomic mass is 9.89. The van der Waals surface area contributed by atoms with Gasteiger partial charge in [-0.3, -0.25) is 9.69 Å². The molecule has 1 amide bonds. The summed E-state index contributed by atoms with van der Waals surface area (Å²) in [7, 11) is 0. The van der Waals surface area contributed by atoms with E-state index in [1.165, 1.54) is 5.56 Å². The Balaban J connectivity index is 1.56. The highest BCUT2D eigenvalue weighted by Crippen LogP contribution is 2.23. The van der Waals surface area contributed by atoms with E-state index in [0.29, 0.717) is 32.8 Å². The van der Waals surface area contributed by atoms with Crippen molar-refractivity contribution in [1.29, 1.82) is 0 Å². The van der Waals surface area contributed by atoms with Gasteiger partial charge in [0.2, 0.25) is 0 Å². The number of hydrogen-bond acceptors (Lipinski definition) is 4. The molecule has 3 rings (SSSR count). The summed E-state index contributed by atoms with van der Waals surface area (Å²) in [5, 5.41) is 10.2. The van der Waals surface area contributed by atoms with Crippen LogP contribution >= 0.6 is 0 Å². The zero-order valence-electron chi connectivity index (χ0n) is 14.9. The van der Waals surface area contributed by atoms with E-state index >= 15 is 0 Å².